The standard InChI is InChI=1S/C18H11ClN4O/c19-16-8-15(7-6-13(16)9-20)23-18(24)14-10-21-17(22-11-14)12-4-2-1-3-5-12/h1-8,10-11H,(H,23,24). The topological polar surface area (TPSA) is 78.7 Å². The molecule has 1 heterocycles. The highest BCUT2D eigenvalue weighted by Crippen LogP contribution is 2.21. The number of halogens is 1. The molecule has 0 saturated heterocycles. The molecule has 3 rings (SSSR count). The zero-order chi connectivity index (χ0) is 16.9. The van der Waals surface area contributed by atoms with Gasteiger partial charge in [-0.15, -0.1) is 0 Å². The predicted octanol–water partition coefficient (Wildman–Crippen LogP) is 3.92. The molecule has 1 amide bonds. The highest BCUT2D eigenvalue weighted by Gasteiger charge is 2.10. The average Bonchev–Trinajstić information content (AvgIpc) is 2.63. The number of nitrogens with one attached hydrogen (secondary N) is 1. The zero-order valence-corrected chi connectivity index (χ0v) is 13.2. The molecule has 3 aromatic rings. The number of carbonyl (C=O) groups is 1. The maximum atomic E-state index is 12.2. The van der Waals surface area contributed by atoms with Crippen molar-refractivity contribution < 1.29 is 4.79 Å². The van der Waals surface area contributed by atoms with Crippen molar-refractivity contribution in [1.29, 1.82) is 5.26 Å². The molecule has 0 spiro atoms. The Hall–Kier alpha value is -3.23. The molecule has 0 saturated carbocycles. The highest BCUT2D eigenvalue weighted by atomic mass is 35.5. The number of hydrogen-bond donors (Lipinski definition) is 1. The van der Waals surface area contributed by atoms with Crippen LogP contribution >= 0.6 is 11.6 Å². The van der Waals surface area contributed by atoms with E-state index >= 15 is 0 Å². The Bertz CT molecular complexity index is 918. The molecule has 0 radical (unpaired) electrons. The number of rotatable bonds is 3. The minimum atomic E-state index is -0.351. The van der Waals surface area contributed by atoms with Crippen LogP contribution in [0, 0.1) is 11.3 Å². The number of anilines is 1. The normalized spacial score (nSPS) is 10.0. The number of hydrogen-bond acceptors (Lipinski definition) is 4. The summed E-state index contributed by atoms with van der Waals surface area (Å²) in [5.74, 6) is 0.198. The number of nitriles is 1. The van der Waals surface area contributed by atoms with Crippen LogP contribution in [-0.4, -0.2) is 15.9 Å². The summed E-state index contributed by atoms with van der Waals surface area (Å²) in [7, 11) is 0. The Morgan fingerprint density at radius 1 is 1.08 bits per heavy atom. The smallest absolute Gasteiger partial charge is 0.258 e. The van der Waals surface area contributed by atoms with E-state index in [-0.39, 0.29) is 10.9 Å². The molecular formula is C18H11ClN4O. The average molecular weight is 335 g/mol. The molecule has 0 unspecified atom stereocenters. The summed E-state index contributed by atoms with van der Waals surface area (Å²) in [5, 5.41) is 11.8. The molecule has 24 heavy (non-hydrogen) atoms. The number of nitrogens with zero attached hydrogens (tertiary/aromatic N) is 3. The van der Waals surface area contributed by atoms with Crippen LogP contribution in [-0.2, 0) is 0 Å². The molecule has 2 aromatic carbocycles. The summed E-state index contributed by atoms with van der Waals surface area (Å²) in [4.78, 5) is 20.7. The zero-order valence-electron chi connectivity index (χ0n) is 12.4. The Morgan fingerprint density at radius 3 is 2.42 bits per heavy atom. The van der Waals surface area contributed by atoms with Crippen LogP contribution in [0.3, 0.4) is 0 Å². The van der Waals surface area contributed by atoms with Gasteiger partial charge in [-0.2, -0.15) is 5.26 Å². The number of amides is 1. The van der Waals surface area contributed by atoms with Gasteiger partial charge in [0.2, 0.25) is 0 Å². The van der Waals surface area contributed by atoms with Gasteiger partial charge in [-0.3, -0.25) is 4.79 Å². The van der Waals surface area contributed by atoms with Crippen LogP contribution in [0.15, 0.2) is 60.9 Å². The molecular weight excluding hydrogens is 324 g/mol. The van der Waals surface area contributed by atoms with Gasteiger partial charge in [0.25, 0.3) is 5.91 Å². The molecule has 116 valence electrons. The largest absolute Gasteiger partial charge is 0.322 e. The van der Waals surface area contributed by atoms with Crippen molar-refractivity contribution in [3.8, 4) is 17.5 Å². The molecule has 5 nitrogen and oxygen atoms in total. The Balaban J connectivity index is 1.76. The van der Waals surface area contributed by atoms with Gasteiger partial charge in [-0.25, -0.2) is 9.97 Å². The highest BCUT2D eigenvalue weighted by molar-refractivity contribution is 6.32. The minimum Gasteiger partial charge on any atom is -0.322 e. The van der Waals surface area contributed by atoms with Crippen molar-refractivity contribution in [2.45, 2.75) is 0 Å². The fourth-order valence-electron chi connectivity index (χ4n) is 2.07. The third-order valence-corrected chi connectivity index (χ3v) is 3.61. The third-order valence-electron chi connectivity index (χ3n) is 3.29. The van der Waals surface area contributed by atoms with Crippen molar-refractivity contribution in [3.05, 3.63) is 77.1 Å². The van der Waals surface area contributed by atoms with Gasteiger partial charge in [-0.05, 0) is 18.2 Å². The van der Waals surface area contributed by atoms with E-state index in [1.54, 1.807) is 12.1 Å². The van der Waals surface area contributed by atoms with Crippen molar-refractivity contribution in [1.82, 2.24) is 9.97 Å². The molecule has 1 N–H and O–H groups in total. The first kappa shape index (κ1) is 15.7. The summed E-state index contributed by atoms with van der Waals surface area (Å²) in [6, 6.07) is 16.1. The Morgan fingerprint density at radius 2 is 1.79 bits per heavy atom. The second kappa shape index (κ2) is 6.90. The van der Waals surface area contributed by atoms with E-state index in [4.69, 9.17) is 16.9 Å². The fraction of sp³-hybridized carbons (Fsp3) is 0. The minimum absolute atomic E-state index is 0.283. The van der Waals surface area contributed by atoms with Gasteiger partial charge >= 0.3 is 0 Å². The van der Waals surface area contributed by atoms with E-state index in [0.717, 1.165) is 5.56 Å². The van der Waals surface area contributed by atoms with Gasteiger partial charge in [0.05, 0.1) is 16.1 Å². The van der Waals surface area contributed by atoms with Gasteiger partial charge < -0.3 is 5.32 Å². The van der Waals surface area contributed by atoms with E-state index in [9.17, 15) is 4.79 Å². The van der Waals surface area contributed by atoms with E-state index < -0.39 is 0 Å². The second-order valence-corrected chi connectivity index (χ2v) is 5.33. The van der Waals surface area contributed by atoms with E-state index in [1.807, 2.05) is 36.4 Å². The van der Waals surface area contributed by atoms with Crippen LogP contribution < -0.4 is 5.32 Å². The maximum absolute atomic E-state index is 12.2. The first-order chi connectivity index (χ1) is 11.7. The summed E-state index contributed by atoms with van der Waals surface area (Å²) < 4.78 is 0. The lowest BCUT2D eigenvalue weighted by molar-refractivity contribution is 0.102. The SMILES string of the molecule is N#Cc1ccc(NC(=O)c2cnc(-c3ccccc3)nc2)cc1Cl. The van der Waals surface area contributed by atoms with Gasteiger partial charge in [0.15, 0.2) is 5.82 Å². The molecule has 0 aliphatic rings. The molecule has 0 aliphatic heterocycles. The van der Waals surface area contributed by atoms with Crippen LogP contribution in [0.5, 0.6) is 0 Å². The number of benzene rings is 2. The van der Waals surface area contributed by atoms with Gasteiger partial charge in [0, 0.05) is 23.6 Å². The summed E-state index contributed by atoms with van der Waals surface area (Å²) in [6.07, 6.45) is 2.94. The third kappa shape index (κ3) is 3.40. The predicted molar refractivity (Wildman–Crippen MR) is 91.6 cm³/mol. The Kier molecular flexibility index (Phi) is 4.50. The number of carbonyl (C=O) groups excluding carboxylic acids is 1. The molecule has 6 heteroatoms. The molecule has 0 fully saturated rings. The summed E-state index contributed by atoms with van der Waals surface area (Å²) >= 11 is 5.95. The van der Waals surface area contributed by atoms with Gasteiger partial charge in [-0.1, -0.05) is 41.9 Å². The van der Waals surface area contributed by atoms with E-state index in [1.165, 1.54) is 18.5 Å². The fourth-order valence-corrected chi connectivity index (χ4v) is 2.29. The van der Waals surface area contributed by atoms with Crippen molar-refractivity contribution in [2.75, 3.05) is 5.32 Å². The van der Waals surface area contributed by atoms with Crippen LogP contribution in [0.2, 0.25) is 5.02 Å². The lowest BCUT2D eigenvalue weighted by atomic mass is 10.2. The molecule has 0 aliphatic carbocycles. The lowest BCUT2D eigenvalue weighted by Crippen LogP contribution is -2.12. The van der Waals surface area contributed by atoms with Crippen molar-refractivity contribution in [3.63, 3.8) is 0 Å². The molecule has 1 aromatic heterocycles. The van der Waals surface area contributed by atoms with Crippen LogP contribution in [0.25, 0.3) is 11.4 Å². The maximum Gasteiger partial charge on any atom is 0.258 e. The molecule has 0 atom stereocenters. The van der Waals surface area contributed by atoms with Crippen LogP contribution in [0.1, 0.15) is 15.9 Å². The number of aromatic nitrogens is 2. The lowest BCUT2D eigenvalue weighted by Gasteiger charge is -2.06. The first-order valence-electron chi connectivity index (χ1n) is 7.06. The van der Waals surface area contributed by atoms with Crippen LogP contribution in [0.4, 0.5) is 5.69 Å². The first-order valence-corrected chi connectivity index (χ1v) is 7.43. The van der Waals surface area contributed by atoms with E-state index in [0.29, 0.717) is 22.6 Å². The monoisotopic (exact) mass is 334 g/mol. The summed E-state index contributed by atoms with van der Waals surface area (Å²) in [5.41, 5.74) is 2.06. The van der Waals surface area contributed by atoms with Crippen molar-refractivity contribution >= 4 is 23.2 Å². The van der Waals surface area contributed by atoms with E-state index in [2.05, 4.69) is 15.3 Å². The quantitative estimate of drug-likeness (QED) is 0.787. The Labute approximate surface area is 143 Å². The van der Waals surface area contributed by atoms with Gasteiger partial charge in [0.1, 0.15) is 6.07 Å². The van der Waals surface area contributed by atoms with Crippen molar-refractivity contribution in [2.24, 2.45) is 0 Å². The molecule has 0 bridgehead atoms. The second-order valence-electron chi connectivity index (χ2n) is 4.92. The summed E-state index contributed by atoms with van der Waals surface area (Å²) in [6.45, 7) is 0.